The smallest absolute Gasteiger partial charge is 0.179 e. The molecule has 0 bridgehead atoms. The Kier molecular flexibility index (Phi) is 7.91. The third-order valence-corrected chi connectivity index (χ3v) is 4.31. The van der Waals surface area contributed by atoms with Gasteiger partial charge in [-0.05, 0) is 36.6 Å². The van der Waals surface area contributed by atoms with Crippen LogP contribution in [0.15, 0.2) is 12.1 Å². The average molecular weight is 314 g/mol. The zero-order valence-electron chi connectivity index (χ0n) is 13.8. The minimum absolute atomic E-state index is 0.289. The predicted molar refractivity (Wildman–Crippen MR) is 89.7 cm³/mol. The molecule has 3 nitrogen and oxygen atoms in total. The SMILES string of the molecule is CCNC(CC(CC)CC)c1cc(Cl)c(OC)c(OC)c1. The van der Waals surface area contributed by atoms with Gasteiger partial charge in [-0.2, -0.15) is 0 Å². The second-order valence-electron chi connectivity index (χ2n) is 5.27. The number of halogens is 1. The molecule has 120 valence electrons. The third kappa shape index (κ3) is 4.79. The van der Waals surface area contributed by atoms with Crippen molar-refractivity contribution in [3.63, 3.8) is 0 Å². The molecule has 1 aromatic rings. The zero-order valence-corrected chi connectivity index (χ0v) is 14.6. The molecule has 0 saturated heterocycles. The van der Waals surface area contributed by atoms with Gasteiger partial charge >= 0.3 is 0 Å². The maximum absolute atomic E-state index is 6.33. The number of rotatable bonds is 9. The van der Waals surface area contributed by atoms with Crippen LogP contribution in [0.2, 0.25) is 5.02 Å². The first-order valence-corrected chi connectivity index (χ1v) is 8.13. The zero-order chi connectivity index (χ0) is 15.8. The fourth-order valence-electron chi connectivity index (χ4n) is 2.68. The van der Waals surface area contributed by atoms with Crippen LogP contribution in [0.1, 0.15) is 51.6 Å². The lowest BCUT2D eigenvalue weighted by Gasteiger charge is -2.24. The summed E-state index contributed by atoms with van der Waals surface area (Å²) in [6, 6.07) is 4.30. The Hall–Kier alpha value is -0.930. The van der Waals surface area contributed by atoms with Crippen LogP contribution in [0.5, 0.6) is 11.5 Å². The molecule has 1 rings (SSSR count). The molecular formula is C17H28ClNO2. The summed E-state index contributed by atoms with van der Waals surface area (Å²) in [6.45, 7) is 7.55. The van der Waals surface area contributed by atoms with E-state index in [1.165, 1.54) is 12.8 Å². The molecule has 1 unspecified atom stereocenters. The molecule has 1 aromatic carbocycles. The van der Waals surface area contributed by atoms with Gasteiger partial charge in [-0.15, -0.1) is 0 Å². The normalized spacial score (nSPS) is 12.5. The van der Waals surface area contributed by atoms with Crippen molar-refractivity contribution in [2.45, 2.75) is 46.1 Å². The van der Waals surface area contributed by atoms with Crippen LogP contribution in [-0.4, -0.2) is 20.8 Å². The van der Waals surface area contributed by atoms with Crippen LogP contribution < -0.4 is 14.8 Å². The van der Waals surface area contributed by atoms with Crippen molar-refractivity contribution < 1.29 is 9.47 Å². The molecule has 0 aliphatic carbocycles. The predicted octanol–water partition coefficient (Wildman–Crippen LogP) is 4.83. The summed E-state index contributed by atoms with van der Waals surface area (Å²) < 4.78 is 10.7. The van der Waals surface area contributed by atoms with E-state index in [4.69, 9.17) is 21.1 Å². The van der Waals surface area contributed by atoms with Gasteiger partial charge in [-0.25, -0.2) is 0 Å². The van der Waals surface area contributed by atoms with Crippen molar-refractivity contribution in [1.82, 2.24) is 5.32 Å². The van der Waals surface area contributed by atoms with Crippen molar-refractivity contribution in [1.29, 1.82) is 0 Å². The highest BCUT2D eigenvalue weighted by atomic mass is 35.5. The number of methoxy groups -OCH3 is 2. The van der Waals surface area contributed by atoms with Crippen molar-refractivity contribution in [2.24, 2.45) is 5.92 Å². The molecule has 0 heterocycles. The Labute approximate surface area is 134 Å². The van der Waals surface area contributed by atoms with Crippen LogP contribution in [-0.2, 0) is 0 Å². The maximum Gasteiger partial charge on any atom is 0.179 e. The van der Waals surface area contributed by atoms with Crippen molar-refractivity contribution in [2.75, 3.05) is 20.8 Å². The monoisotopic (exact) mass is 313 g/mol. The Morgan fingerprint density at radius 1 is 1.10 bits per heavy atom. The van der Waals surface area contributed by atoms with Gasteiger partial charge in [0.25, 0.3) is 0 Å². The molecule has 0 saturated carbocycles. The fraction of sp³-hybridized carbons (Fsp3) is 0.647. The fourth-order valence-corrected chi connectivity index (χ4v) is 2.97. The number of nitrogens with one attached hydrogen (secondary N) is 1. The van der Waals surface area contributed by atoms with Gasteiger partial charge in [0.15, 0.2) is 11.5 Å². The van der Waals surface area contributed by atoms with Gasteiger partial charge in [0.1, 0.15) is 0 Å². The first-order valence-electron chi connectivity index (χ1n) is 7.75. The molecule has 0 fully saturated rings. The van der Waals surface area contributed by atoms with Crippen LogP contribution >= 0.6 is 11.6 Å². The lowest BCUT2D eigenvalue weighted by Crippen LogP contribution is -2.23. The van der Waals surface area contributed by atoms with Crippen LogP contribution in [0, 0.1) is 5.92 Å². The van der Waals surface area contributed by atoms with E-state index in [-0.39, 0.29) is 6.04 Å². The number of benzene rings is 1. The molecule has 0 aliphatic heterocycles. The molecule has 0 aromatic heterocycles. The Morgan fingerprint density at radius 2 is 1.76 bits per heavy atom. The maximum atomic E-state index is 6.33. The Balaban J connectivity index is 3.10. The van der Waals surface area contributed by atoms with Crippen molar-refractivity contribution >= 4 is 11.6 Å². The molecule has 0 spiro atoms. The van der Waals surface area contributed by atoms with Crippen molar-refractivity contribution in [3.05, 3.63) is 22.7 Å². The minimum Gasteiger partial charge on any atom is -0.493 e. The van der Waals surface area contributed by atoms with E-state index in [1.54, 1.807) is 14.2 Å². The van der Waals surface area contributed by atoms with E-state index >= 15 is 0 Å². The second kappa shape index (κ2) is 9.16. The quantitative estimate of drug-likeness (QED) is 0.708. The third-order valence-electron chi connectivity index (χ3n) is 4.03. The highest BCUT2D eigenvalue weighted by molar-refractivity contribution is 6.32. The average Bonchev–Trinajstić information content (AvgIpc) is 2.50. The summed E-state index contributed by atoms with van der Waals surface area (Å²) in [6.07, 6.45) is 3.49. The molecule has 1 atom stereocenters. The van der Waals surface area contributed by atoms with E-state index in [0.717, 1.165) is 18.5 Å². The van der Waals surface area contributed by atoms with E-state index in [9.17, 15) is 0 Å². The largest absolute Gasteiger partial charge is 0.493 e. The van der Waals surface area contributed by atoms with E-state index < -0.39 is 0 Å². The lowest BCUT2D eigenvalue weighted by atomic mass is 9.91. The summed E-state index contributed by atoms with van der Waals surface area (Å²) in [4.78, 5) is 0. The summed E-state index contributed by atoms with van der Waals surface area (Å²) in [5.41, 5.74) is 1.16. The second-order valence-corrected chi connectivity index (χ2v) is 5.67. The van der Waals surface area contributed by atoms with Gasteiger partial charge in [0.05, 0.1) is 19.2 Å². The van der Waals surface area contributed by atoms with Gasteiger partial charge < -0.3 is 14.8 Å². The van der Waals surface area contributed by atoms with Crippen LogP contribution in [0.25, 0.3) is 0 Å². The highest BCUT2D eigenvalue weighted by Gasteiger charge is 2.19. The van der Waals surface area contributed by atoms with Crippen LogP contribution in [0.3, 0.4) is 0 Å². The summed E-state index contributed by atoms with van der Waals surface area (Å²) in [5, 5.41) is 4.16. The molecule has 4 heteroatoms. The van der Waals surface area contributed by atoms with Crippen LogP contribution in [0.4, 0.5) is 0 Å². The molecule has 0 radical (unpaired) electrons. The van der Waals surface area contributed by atoms with Crippen molar-refractivity contribution in [3.8, 4) is 11.5 Å². The number of hydrogen-bond acceptors (Lipinski definition) is 3. The standard InChI is InChI=1S/C17H28ClNO2/c1-6-12(7-2)9-15(19-8-3)13-10-14(18)17(21-5)16(11-13)20-4/h10-12,15,19H,6-9H2,1-5H3. The molecule has 0 amide bonds. The van der Waals surface area contributed by atoms with E-state index in [2.05, 4.69) is 26.1 Å². The Morgan fingerprint density at radius 3 is 2.24 bits per heavy atom. The van der Waals surface area contributed by atoms with Gasteiger partial charge in [0.2, 0.25) is 0 Å². The van der Waals surface area contributed by atoms with E-state index in [1.807, 2.05) is 12.1 Å². The van der Waals surface area contributed by atoms with Gasteiger partial charge in [-0.1, -0.05) is 45.2 Å². The van der Waals surface area contributed by atoms with Gasteiger partial charge in [-0.3, -0.25) is 0 Å². The number of hydrogen-bond donors (Lipinski definition) is 1. The number of ether oxygens (including phenoxy) is 2. The minimum atomic E-state index is 0.289. The first kappa shape index (κ1) is 18.1. The first-order chi connectivity index (χ1) is 10.1. The molecular weight excluding hydrogens is 286 g/mol. The molecule has 21 heavy (non-hydrogen) atoms. The summed E-state index contributed by atoms with van der Waals surface area (Å²) in [5.74, 6) is 1.99. The summed E-state index contributed by atoms with van der Waals surface area (Å²) in [7, 11) is 3.25. The highest BCUT2D eigenvalue weighted by Crippen LogP contribution is 2.39. The van der Waals surface area contributed by atoms with Gasteiger partial charge in [0, 0.05) is 6.04 Å². The molecule has 0 aliphatic rings. The lowest BCUT2D eigenvalue weighted by molar-refractivity contribution is 0.350. The molecule has 1 N–H and O–H groups in total. The Bertz CT molecular complexity index is 433. The van der Waals surface area contributed by atoms with E-state index in [0.29, 0.717) is 22.4 Å². The summed E-state index contributed by atoms with van der Waals surface area (Å²) >= 11 is 6.33. The topological polar surface area (TPSA) is 30.5 Å².